The molecule has 32 heavy (non-hydrogen) atoms. The lowest BCUT2D eigenvalue weighted by Crippen LogP contribution is -2.33. The number of ether oxygens (including phenoxy) is 1. The van der Waals surface area contributed by atoms with Crippen molar-refractivity contribution >= 4 is 17.6 Å². The van der Waals surface area contributed by atoms with E-state index in [-0.39, 0.29) is 23.1 Å². The van der Waals surface area contributed by atoms with Crippen molar-refractivity contribution in [1.29, 1.82) is 5.26 Å². The molecule has 3 aromatic rings. The summed E-state index contributed by atoms with van der Waals surface area (Å²) in [6, 6.07) is 14.6. The van der Waals surface area contributed by atoms with Gasteiger partial charge in [0.2, 0.25) is 5.88 Å². The molecule has 162 valence electrons. The molecule has 7 heteroatoms. The Morgan fingerprint density at radius 3 is 2.69 bits per heavy atom. The summed E-state index contributed by atoms with van der Waals surface area (Å²) in [7, 11) is 0. The van der Waals surface area contributed by atoms with Crippen LogP contribution in [0.4, 0.5) is 0 Å². The Morgan fingerprint density at radius 2 is 2.00 bits per heavy atom. The molecule has 1 saturated carbocycles. The number of nitrogens with one attached hydrogen (secondary N) is 1. The van der Waals surface area contributed by atoms with Gasteiger partial charge >= 0.3 is 0 Å². The molecule has 1 aromatic carbocycles. The van der Waals surface area contributed by atoms with Crippen molar-refractivity contribution in [3.05, 3.63) is 75.7 Å². The molecule has 0 unspecified atom stereocenters. The third-order valence-electron chi connectivity index (χ3n) is 5.62. The number of carbonyl (C=O) groups is 1. The molecule has 2 aromatic heterocycles. The van der Waals surface area contributed by atoms with Crippen LogP contribution in [-0.2, 0) is 11.2 Å². The first-order valence-electron chi connectivity index (χ1n) is 10.8. The summed E-state index contributed by atoms with van der Waals surface area (Å²) < 4.78 is 7.31. The fourth-order valence-corrected chi connectivity index (χ4v) is 3.81. The average Bonchev–Trinajstić information content (AvgIpc) is 3.32. The lowest BCUT2D eigenvalue weighted by Gasteiger charge is -2.12. The molecule has 0 radical (unpaired) electrons. The van der Waals surface area contributed by atoms with Crippen molar-refractivity contribution in [2.45, 2.75) is 45.1 Å². The Bertz CT molecular complexity index is 1260. The molecular formula is C25H24N4O3. The zero-order valence-corrected chi connectivity index (χ0v) is 17.9. The number of pyridine rings is 1. The van der Waals surface area contributed by atoms with Crippen LogP contribution in [0.1, 0.15) is 43.7 Å². The molecule has 1 amide bonds. The van der Waals surface area contributed by atoms with E-state index in [1.807, 2.05) is 18.2 Å². The molecule has 1 aliphatic rings. The second-order valence-electron chi connectivity index (χ2n) is 7.79. The van der Waals surface area contributed by atoms with Gasteiger partial charge in [-0.2, -0.15) is 10.2 Å². The molecule has 0 atom stereocenters. The van der Waals surface area contributed by atoms with Crippen molar-refractivity contribution in [2.75, 3.05) is 0 Å². The fraction of sp³-hybridized carbons (Fsp3) is 0.280. The molecule has 1 N–H and O–H groups in total. The molecule has 0 saturated heterocycles. The Morgan fingerprint density at radius 1 is 1.25 bits per heavy atom. The molecule has 2 heterocycles. The Hall–Kier alpha value is -3.92. The summed E-state index contributed by atoms with van der Waals surface area (Å²) in [5.41, 5.74) is 1.03. The van der Waals surface area contributed by atoms with Gasteiger partial charge in [0.25, 0.3) is 11.5 Å². The van der Waals surface area contributed by atoms with Crippen molar-refractivity contribution in [3.8, 4) is 17.7 Å². The second kappa shape index (κ2) is 9.48. The summed E-state index contributed by atoms with van der Waals surface area (Å²) in [6.07, 6.45) is 7.66. The Balaban J connectivity index is 1.76. The van der Waals surface area contributed by atoms with E-state index in [0.29, 0.717) is 11.4 Å². The number of hydrogen-bond donors (Lipinski definition) is 1. The van der Waals surface area contributed by atoms with Crippen molar-refractivity contribution < 1.29 is 9.53 Å². The number of nitriles is 1. The first-order valence-corrected chi connectivity index (χ1v) is 10.8. The standard InChI is InChI=1S/C25H24N4O3/c1-2-17-10-12-20(13-11-17)32-24-21(25(31)29-14-6-5-9-22(29)28-24)15-18(16-26)23(30)27-19-7-3-4-8-19/h5-6,9-15,19H,2-4,7-8H2,1H3,(H,27,30)/b18-15+. The van der Waals surface area contributed by atoms with E-state index in [4.69, 9.17) is 4.74 Å². The molecule has 1 fully saturated rings. The average molecular weight is 428 g/mol. The molecule has 1 aliphatic carbocycles. The highest BCUT2D eigenvalue weighted by atomic mass is 16.5. The minimum Gasteiger partial charge on any atom is -0.438 e. The van der Waals surface area contributed by atoms with E-state index < -0.39 is 11.5 Å². The first-order chi connectivity index (χ1) is 15.6. The van der Waals surface area contributed by atoms with Gasteiger partial charge in [0.05, 0.1) is 0 Å². The number of rotatable bonds is 6. The predicted molar refractivity (Wildman–Crippen MR) is 121 cm³/mol. The van der Waals surface area contributed by atoms with Gasteiger partial charge in [-0.05, 0) is 55.2 Å². The minimum absolute atomic E-state index is 0.0476. The number of nitrogens with zero attached hydrogens (tertiary/aromatic N) is 3. The van der Waals surface area contributed by atoms with Gasteiger partial charge in [-0.25, -0.2) is 0 Å². The quantitative estimate of drug-likeness (QED) is 0.473. The second-order valence-corrected chi connectivity index (χ2v) is 7.79. The van der Waals surface area contributed by atoms with E-state index in [0.717, 1.165) is 37.7 Å². The number of fused-ring (bicyclic) bond motifs is 1. The maximum Gasteiger partial charge on any atom is 0.269 e. The van der Waals surface area contributed by atoms with E-state index in [1.165, 1.54) is 10.5 Å². The van der Waals surface area contributed by atoms with Crippen LogP contribution in [0, 0.1) is 11.3 Å². The Labute approximate surface area is 186 Å². The van der Waals surface area contributed by atoms with Crippen LogP contribution in [0.15, 0.2) is 59.0 Å². The summed E-state index contributed by atoms with van der Waals surface area (Å²) >= 11 is 0. The smallest absolute Gasteiger partial charge is 0.269 e. The third kappa shape index (κ3) is 4.54. The lowest BCUT2D eigenvalue weighted by atomic mass is 10.1. The predicted octanol–water partition coefficient (Wildman–Crippen LogP) is 4.01. The van der Waals surface area contributed by atoms with Crippen LogP contribution >= 0.6 is 0 Å². The SMILES string of the molecule is CCc1ccc(Oc2nc3ccccn3c(=O)c2/C=C(\C#N)C(=O)NC2CCCC2)cc1. The van der Waals surface area contributed by atoms with Crippen molar-refractivity contribution in [1.82, 2.24) is 14.7 Å². The molecule has 0 spiro atoms. The summed E-state index contributed by atoms with van der Waals surface area (Å²) in [5, 5.41) is 12.5. The molecule has 7 nitrogen and oxygen atoms in total. The minimum atomic E-state index is -0.491. The van der Waals surface area contributed by atoms with Crippen LogP contribution in [-0.4, -0.2) is 21.3 Å². The first kappa shape index (κ1) is 21.3. The number of aryl methyl sites for hydroxylation is 1. The van der Waals surface area contributed by atoms with Gasteiger partial charge in [-0.15, -0.1) is 0 Å². The molecule has 0 aliphatic heterocycles. The summed E-state index contributed by atoms with van der Waals surface area (Å²) in [5.74, 6) is 0.0695. The Kier molecular flexibility index (Phi) is 6.31. The van der Waals surface area contributed by atoms with E-state index in [9.17, 15) is 14.9 Å². The highest BCUT2D eigenvalue weighted by Gasteiger charge is 2.21. The maximum absolute atomic E-state index is 13.2. The zero-order chi connectivity index (χ0) is 22.5. The van der Waals surface area contributed by atoms with Gasteiger partial charge < -0.3 is 10.1 Å². The molecular weight excluding hydrogens is 404 g/mol. The number of benzene rings is 1. The monoisotopic (exact) mass is 428 g/mol. The zero-order valence-electron chi connectivity index (χ0n) is 17.9. The van der Waals surface area contributed by atoms with E-state index in [2.05, 4.69) is 17.2 Å². The lowest BCUT2D eigenvalue weighted by molar-refractivity contribution is -0.117. The highest BCUT2D eigenvalue weighted by Crippen LogP contribution is 2.25. The maximum atomic E-state index is 13.2. The summed E-state index contributed by atoms with van der Waals surface area (Å²) in [6.45, 7) is 2.06. The van der Waals surface area contributed by atoms with Gasteiger partial charge in [0.15, 0.2) is 0 Å². The van der Waals surface area contributed by atoms with Gasteiger partial charge in [-0.1, -0.05) is 38.0 Å². The van der Waals surface area contributed by atoms with Crippen LogP contribution < -0.4 is 15.6 Å². The van der Waals surface area contributed by atoms with Gasteiger partial charge in [-0.3, -0.25) is 14.0 Å². The number of hydrogen-bond acceptors (Lipinski definition) is 5. The fourth-order valence-electron chi connectivity index (χ4n) is 3.81. The normalized spacial score (nSPS) is 14.3. The largest absolute Gasteiger partial charge is 0.438 e. The molecule has 4 rings (SSSR count). The van der Waals surface area contributed by atoms with E-state index >= 15 is 0 Å². The number of amides is 1. The highest BCUT2D eigenvalue weighted by molar-refractivity contribution is 6.02. The van der Waals surface area contributed by atoms with Crippen molar-refractivity contribution in [3.63, 3.8) is 0 Å². The van der Waals surface area contributed by atoms with Crippen LogP contribution in [0.5, 0.6) is 11.6 Å². The summed E-state index contributed by atoms with van der Waals surface area (Å²) in [4.78, 5) is 30.4. The van der Waals surface area contributed by atoms with Gasteiger partial charge in [0, 0.05) is 12.2 Å². The number of carbonyl (C=O) groups excluding carboxylic acids is 1. The van der Waals surface area contributed by atoms with E-state index in [1.54, 1.807) is 36.5 Å². The van der Waals surface area contributed by atoms with Gasteiger partial charge in [0.1, 0.15) is 28.6 Å². The van der Waals surface area contributed by atoms with Crippen LogP contribution in [0.3, 0.4) is 0 Å². The van der Waals surface area contributed by atoms with Crippen molar-refractivity contribution in [2.24, 2.45) is 0 Å². The third-order valence-corrected chi connectivity index (χ3v) is 5.62. The number of aromatic nitrogens is 2. The van der Waals surface area contributed by atoms with Crippen LogP contribution in [0.2, 0.25) is 0 Å². The molecule has 0 bridgehead atoms. The van der Waals surface area contributed by atoms with Crippen LogP contribution in [0.25, 0.3) is 11.7 Å². The topological polar surface area (TPSA) is 96.5 Å².